The molecule has 4 aliphatic carbocycles. The van der Waals surface area contributed by atoms with Gasteiger partial charge in [-0.05, 0) is 135 Å². The molecule has 0 unspecified atom stereocenters. The van der Waals surface area contributed by atoms with Gasteiger partial charge in [-0.2, -0.15) is 0 Å². The molecule has 2 amide bonds. The number of carboxylic acids is 2. The summed E-state index contributed by atoms with van der Waals surface area (Å²) in [5.41, 5.74) is 0.773. The number of benzene rings is 1. The molecule has 10 nitrogen and oxygen atoms in total. The van der Waals surface area contributed by atoms with Gasteiger partial charge in [-0.15, -0.1) is 0 Å². The first kappa shape index (κ1) is 34.4. The Kier molecular flexibility index (Phi) is 10.2. The molecule has 10 heteroatoms. The van der Waals surface area contributed by atoms with Crippen LogP contribution in [-0.2, 0) is 14.4 Å². The second kappa shape index (κ2) is 13.6. The fraction of sp³-hybridized carbons (Fsp3) is 0.722. The zero-order valence-electron chi connectivity index (χ0n) is 27.4. The number of aromatic carboxylic acids is 1. The van der Waals surface area contributed by atoms with Crippen molar-refractivity contribution in [2.75, 3.05) is 5.32 Å². The van der Waals surface area contributed by atoms with Crippen LogP contribution in [-0.4, -0.2) is 62.4 Å². The number of amides is 2. The number of anilines is 1. The molecule has 254 valence electrons. The number of hydrogen-bond acceptors (Lipinski definition) is 6. The molecule has 5 rings (SSSR count). The number of fused-ring (bicyclic) bond motifs is 5. The van der Waals surface area contributed by atoms with Crippen LogP contribution in [0.25, 0.3) is 0 Å². The highest BCUT2D eigenvalue weighted by Crippen LogP contribution is 2.68. The lowest BCUT2D eigenvalue weighted by Gasteiger charge is -2.62. The quantitative estimate of drug-likeness (QED) is 0.194. The molecule has 0 aliphatic heterocycles. The van der Waals surface area contributed by atoms with Gasteiger partial charge in [-0.3, -0.25) is 9.59 Å². The van der Waals surface area contributed by atoms with Crippen molar-refractivity contribution in [2.45, 2.75) is 116 Å². The minimum Gasteiger partial charge on any atom is -0.480 e. The highest BCUT2D eigenvalue weighted by molar-refractivity contribution is 5.93. The van der Waals surface area contributed by atoms with Crippen molar-refractivity contribution in [3.05, 3.63) is 29.8 Å². The Morgan fingerprint density at radius 3 is 2.17 bits per heavy atom. The zero-order valence-corrected chi connectivity index (χ0v) is 27.4. The number of carbonyl (C=O) groups excluding carboxylic acids is 2. The first-order valence-corrected chi connectivity index (χ1v) is 17.2. The van der Waals surface area contributed by atoms with Crippen LogP contribution >= 0.6 is 0 Å². The maximum atomic E-state index is 12.9. The van der Waals surface area contributed by atoms with Crippen LogP contribution in [0.3, 0.4) is 0 Å². The molecule has 46 heavy (non-hydrogen) atoms. The number of carbonyl (C=O) groups is 4. The molecule has 0 spiro atoms. The molecule has 0 aromatic heterocycles. The molecule has 0 bridgehead atoms. The Morgan fingerprint density at radius 2 is 1.50 bits per heavy atom. The first-order valence-electron chi connectivity index (χ1n) is 17.2. The van der Waals surface area contributed by atoms with Crippen molar-refractivity contribution in [2.24, 2.45) is 46.3 Å². The van der Waals surface area contributed by atoms with Crippen LogP contribution in [0.15, 0.2) is 24.3 Å². The van der Waals surface area contributed by atoms with E-state index in [4.69, 9.17) is 5.11 Å². The summed E-state index contributed by atoms with van der Waals surface area (Å²) in [6.07, 6.45) is 7.96. The van der Waals surface area contributed by atoms with E-state index in [0.29, 0.717) is 35.8 Å². The normalized spacial score (nSPS) is 36.3. The number of aliphatic carboxylic acids is 1. The van der Waals surface area contributed by atoms with Gasteiger partial charge in [0, 0.05) is 18.5 Å². The maximum absolute atomic E-state index is 12.9. The SMILES string of the molecule is C[C@H](CCC(=O)N[C@@H](CCC(=O)Nc1ccc(C(=O)O)cc1)C(=O)O)[C@H]1CC[C@H]2[C@@H]3[C@H](O)C[C@@H]4C[C@H](O)CC[C@]4(C)[C@H]3CC[C@]12C. The topological polar surface area (TPSA) is 173 Å². The van der Waals surface area contributed by atoms with E-state index in [2.05, 4.69) is 31.4 Å². The van der Waals surface area contributed by atoms with Crippen molar-refractivity contribution in [1.29, 1.82) is 0 Å². The zero-order chi connectivity index (χ0) is 33.4. The molecular formula is C36H52N2O8. The smallest absolute Gasteiger partial charge is 0.335 e. The molecule has 0 saturated heterocycles. The Morgan fingerprint density at radius 1 is 0.848 bits per heavy atom. The molecule has 6 N–H and O–H groups in total. The number of aliphatic hydroxyl groups is 2. The van der Waals surface area contributed by atoms with E-state index in [0.717, 1.165) is 51.4 Å². The summed E-state index contributed by atoms with van der Waals surface area (Å²) in [4.78, 5) is 48.2. The van der Waals surface area contributed by atoms with Crippen molar-refractivity contribution in [3.63, 3.8) is 0 Å². The third-order valence-electron chi connectivity index (χ3n) is 13.0. The lowest BCUT2D eigenvalue weighted by atomic mass is 9.43. The fourth-order valence-corrected chi connectivity index (χ4v) is 10.5. The summed E-state index contributed by atoms with van der Waals surface area (Å²) in [6.45, 7) is 7.03. The Labute approximate surface area is 271 Å². The van der Waals surface area contributed by atoms with Crippen molar-refractivity contribution >= 4 is 29.4 Å². The Hall–Kier alpha value is -2.98. The summed E-state index contributed by atoms with van der Waals surface area (Å²) in [5, 5.41) is 45.8. The summed E-state index contributed by atoms with van der Waals surface area (Å²) in [6, 6.07) is 4.48. The molecule has 4 saturated carbocycles. The second-order valence-corrected chi connectivity index (χ2v) is 15.4. The van der Waals surface area contributed by atoms with Crippen LogP contribution in [0, 0.1) is 46.3 Å². The average molecular weight is 641 g/mol. The van der Waals surface area contributed by atoms with Crippen molar-refractivity contribution in [1.82, 2.24) is 5.32 Å². The molecular weight excluding hydrogens is 588 g/mol. The number of nitrogens with one attached hydrogen (secondary N) is 2. The van der Waals surface area contributed by atoms with Crippen molar-refractivity contribution in [3.8, 4) is 0 Å². The van der Waals surface area contributed by atoms with Crippen LogP contribution in [0.5, 0.6) is 0 Å². The van der Waals surface area contributed by atoms with Crippen LogP contribution < -0.4 is 10.6 Å². The fourth-order valence-electron chi connectivity index (χ4n) is 10.5. The maximum Gasteiger partial charge on any atom is 0.335 e. The van der Waals surface area contributed by atoms with Gasteiger partial charge in [0.2, 0.25) is 11.8 Å². The first-order chi connectivity index (χ1) is 21.7. The van der Waals surface area contributed by atoms with Gasteiger partial charge in [0.15, 0.2) is 0 Å². The molecule has 0 radical (unpaired) electrons. The highest BCUT2D eigenvalue weighted by Gasteiger charge is 2.62. The van der Waals surface area contributed by atoms with E-state index in [1.165, 1.54) is 24.3 Å². The minimum atomic E-state index is -1.20. The van der Waals surface area contributed by atoms with Gasteiger partial charge < -0.3 is 31.1 Å². The summed E-state index contributed by atoms with van der Waals surface area (Å²) in [5.74, 6) is -0.732. The highest BCUT2D eigenvalue weighted by atomic mass is 16.4. The molecule has 11 atom stereocenters. The Bertz CT molecular complexity index is 1300. The van der Waals surface area contributed by atoms with Gasteiger partial charge >= 0.3 is 11.9 Å². The van der Waals surface area contributed by atoms with Gasteiger partial charge in [0.25, 0.3) is 0 Å². The number of aliphatic hydroxyl groups excluding tert-OH is 2. The molecule has 1 aromatic rings. The van der Waals surface area contributed by atoms with Gasteiger partial charge in [0.1, 0.15) is 6.04 Å². The third-order valence-corrected chi connectivity index (χ3v) is 13.0. The van der Waals surface area contributed by atoms with E-state index >= 15 is 0 Å². The predicted molar refractivity (Wildman–Crippen MR) is 172 cm³/mol. The van der Waals surface area contributed by atoms with Crippen LogP contribution in [0.1, 0.15) is 108 Å². The number of rotatable bonds is 11. The number of hydrogen-bond donors (Lipinski definition) is 6. The van der Waals surface area contributed by atoms with E-state index in [1.54, 1.807) is 0 Å². The van der Waals surface area contributed by atoms with E-state index < -0.39 is 23.9 Å². The third kappa shape index (κ3) is 6.84. The summed E-state index contributed by atoms with van der Waals surface area (Å²) < 4.78 is 0. The average Bonchev–Trinajstić information content (AvgIpc) is 3.36. The number of carboxylic acid groups (broad SMARTS) is 2. The lowest BCUT2D eigenvalue weighted by molar-refractivity contribution is -0.174. The van der Waals surface area contributed by atoms with Gasteiger partial charge in [-0.1, -0.05) is 20.8 Å². The second-order valence-electron chi connectivity index (χ2n) is 15.4. The Balaban J connectivity index is 1.12. The van der Waals surface area contributed by atoms with Crippen LogP contribution in [0.4, 0.5) is 5.69 Å². The standard InChI is InChI=1S/C36H52N2O8/c1-20(4-12-31(42)38-28(34(45)46)11-13-30(41)37-23-7-5-21(6-8-23)33(43)44)25-9-10-26-32-27(15-17-36(25,26)3)35(2)16-14-24(39)18-22(35)19-29(32)40/h5-8,20,22,24-29,32,39-40H,4,9-19H2,1-3H3,(H,37,41)(H,38,42)(H,43,44)(H,45,46)/t20-,22+,24-,25-,26+,27+,28+,29-,32+,35+,36-/m1/s1. The molecule has 0 heterocycles. The van der Waals surface area contributed by atoms with Crippen molar-refractivity contribution < 1.29 is 39.6 Å². The molecule has 4 aliphatic rings. The van der Waals surface area contributed by atoms with Crippen LogP contribution in [0.2, 0.25) is 0 Å². The van der Waals surface area contributed by atoms with Gasteiger partial charge in [0.05, 0.1) is 17.8 Å². The molecule has 4 fully saturated rings. The monoisotopic (exact) mass is 640 g/mol. The van der Waals surface area contributed by atoms with E-state index in [-0.39, 0.29) is 65.6 Å². The van der Waals surface area contributed by atoms with Gasteiger partial charge in [-0.25, -0.2) is 9.59 Å². The minimum absolute atomic E-state index is 0.0678. The summed E-state index contributed by atoms with van der Waals surface area (Å²) in [7, 11) is 0. The largest absolute Gasteiger partial charge is 0.480 e. The van der Waals surface area contributed by atoms with E-state index in [9.17, 15) is 34.5 Å². The predicted octanol–water partition coefficient (Wildman–Crippen LogP) is 5.08. The lowest BCUT2D eigenvalue weighted by Crippen LogP contribution is -2.58. The molecule has 1 aromatic carbocycles. The van der Waals surface area contributed by atoms with E-state index in [1.807, 2.05) is 0 Å². The summed E-state index contributed by atoms with van der Waals surface area (Å²) >= 11 is 0.